The van der Waals surface area contributed by atoms with Crippen LogP contribution >= 0.6 is 0 Å². The first-order valence-corrected chi connectivity index (χ1v) is 10.4. The molecule has 0 aromatic heterocycles. The highest BCUT2D eigenvalue weighted by molar-refractivity contribution is 5.94. The molecule has 0 radical (unpaired) electrons. The Kier molecular flexibility index (Phi) is 7.58. The van der Waals surface area contributed by atoms with Crippen molar-refractivity contribution in [2.24, 2.45) is 0 Å². The van der Waals surface area contributed by atoms with Gasteiger partial charge in [-0.2, -0.15) is 0 Å². The maximum Gasteiger partial charge on any atom is 0.335 e. The average Bonchev–Trinajstić information content (AvgIpc) is 2.83. The lowest BCUT2D eigenvalue weighted by Crippen LogP contribution is -2.03. The van der Waals surface area contributed by atoms with Crippen LogP contribution in [-0.2, 0) is 0 Å². The van der Waals surface area contributed by atoms with Crippen molar-refractivity contribution in [3.63, 3.8) is 0 Å². The summed E-state index contributed by atoms with van der Waals surface area (Å²) in [6, 6.07) is 26.0. The van der Waals surface area contributed by atoms with Crippen LogP contribution in [0.1, 0.15) is 43.3 Å². The average molecular weight is 472 g/mol. The molecule has 4 aromatic carbocycles. The van der Waals surface area contributed by atoms with Crippen LogP contribution in [0.25, 0.3) is 0 Å². The van der Waals surface area contributed by atoms with Crippen LogP contribution in [0.15, 0.2) is 91.0 Å². The van der Waals surface area contributed by atoms with Crippen LogP contribution in [0, 0.1) is 0 Å². The van der Waals surface area contributed by atoms with Gasteiger partial charge in [-0.3, -0.25) is 0 Å². The molecule has 0 heterocycles. The zero-order valence-corrected chi connectivity index (χ0v) is 18.5. The minimum absolute atomic E-state index is 0.0711. The number of aromatic carboxylic acids is 2. The van der Waals surface area contributed by atoms with Crippen molar-refractivity contribution in [1.29, 1.82) is 0 Å². The summed E-state index contributed by atoms with van der Waals surface area (Å²) >= 11 is 0. The Morgan fingerprint density at radius 3 is 1.23 bits per heavy atom. The molecule has 0 aliphatic carbocycles. The van der Waals surface area contributed by atoms with E-state index in [1.807, 2.05) is 60.7 Å². The molecule has 0 fully saturated rings. The molecule has 178 valence electrons. The molecule has 35 heavy (non-hydrogen) atoms. The molecule has 0 bridgehead atoms. The number of aromatic hydroxyl groups is 2. The van der Waals surface area contributed by atoms with Gasteiger partial charge in [0.05, 0.1) is 11.1 Å². The zero-order valence-electron chi connectivity index (χ0n) is 18.5. The van der Waals surface area contributed by atoms with Gasteiger partial charge in [0.25, 0.3) is 0 Å². The highest BCUT2D eigenvalue weighted by Crippen LogP contribution is 2.33. The zero-order chi connectivity index (χ0) is 25.5. The van der Waals surface area contributed by atoms with Gasteiger partial charge >= 0.3 is 11.9 Å². The van der Waals surface area contributed by atoms with Gasteiger partial charge in [-0.15, -0.1) is 0 Å². The first kappa shape index (κ1) is 24.7. The van der Waals surface area contributed by atoms with E-state index >= 15 is 0 Å². The van der Waals surface area contributed by atoms with Crippen LogP contribution in [0.2, 0.25) is 0 Å². The number of hydrogen-bond donors (Lipinski definition) is 6. The number of anilines is 2. The van der Waals surface area contributed by atoms with E-state index in [2.05, 4.69) is 0 Å². The molecule has 0 saturated heterocycles. The van der Waals surface area contributed by atoms with Crippen molar-refractivity contribution >= 4 is 23.3 Å². The normalized spacial score (nSPS) is 10.3. The number of nitrogens with two attached hydrogens (primary N) is 2. The Morgan fingerprint density at radius 1 is 0.543 bits per heavy atom. The summed E-state index contributed by atoms with van der Waals surface area (Å²) in [5.74, 6) is -2.60. The number of carboxylic acids is 2. The van der Waals surface area contributed by atoms with Gasteiger partial charge < -0.3 is 31.9 Å². The van der Waals surface area contributed by atoms with Gasteiger partial charge in [0.2, 0.25) is 0 Å². The van der Waals surface area contributed by atoms with Gasteiger partial charge in [-0.05, 0) is 71.3 Å². The topological polar surface area (TPSA) is 167 Å². The molecule has 0 saturated carbocycles. The van der Waals surface area contributed by atoms with Crippen LogP contribution in [0.3, 0.4) is 0 Å². The maximum atomic E-state index is 10.4. The first-order chi connectivity index (χ1) is 16.6. The quantitative estimate of drug-likeness (QED) is 0.182. The minimum atomic E-state index is -1.28. The molecule has 8 nitrogen and oxygen atoms in total. The number of carboxylic acid groups (broad SMARTS) is 2. The Morgan fingerprint density at radius 2 is 0.886 bits per heavy atom. The fourth-order valence-corrected chi connectivity index (χ4v) is 3.48. The highest BCUT2D eigenvalue weighted by Gasteiger charge is 2.16. The number of phenols is 2. The third kappa shape index (κ3) is 6.52. The highest BCUT2D eigenvalue weighted by atomic mass is 16.4. The van der Waals surface area contributed by atoms with Gasteiger partial charge in [0, 0.05) is 17.3 Å². The summed E-state index contributed by atoms with van der Waals surface area (Å²) in [4.78, 5) is 20.8. The fraction of sp³-hybridized carbons (Fsp3) is 0.0370. The fourth-order valence-electron chi connectivity index (χ4n) is 3.48. The van der Waals surface area contributed by atoms with E-state index in [0.717, 1.165) is 46.3 Å². The van der Waals surface area contributed by atoms with Crippen LogP contribution in [0.5, 0.6) is 11.5 Å². The lowest BCUT2D eigenvalue weighted by molar-refractivity contribution is 0.0696. The number of phenolic OH excluding ortho intramolecular Hbond substituents is 2. The number of benzene rings is 4. The van der Waals surface area contributed by atoms with Crippen molar-refractivity contribution < 1.29 is 30.0 Å². The van der Waals surface area contributed by atoms with E-state index in [1.54, 1.807) is 12.1 Å². The van der Waals surface area contributed by atoms with Crippen molar-refractivity contribution in [3.05, 3.63) is 119 Å². The Bertz CT molecular complexity index is 1180. The van der Waals surface area contributed by atoms with E-state index in [-0.39, 0.29) is 28.5 Å². The van der Waals surface area contributed by atoms with E-state index < -0.39 is 11.9 Å². The summed E-state index contributed by atoms with van der Waals surface area (Å²) in [6.45, 7) is 0. The summed E-state index contributed by atoms with van der Waals surface area (Å²) in [6.07, 6.45) is 0. The van der Waals surface area contributed by atoms with Crippen molar-refractivity contribution in [1.82, 2.24) is 0 Å². The van der Waals surface area contributed by atoms with E-state index in [9.17, 15) is 14.7 Å². The molecular weight excluding hydrogens is 448 g/mol. The molecule has 4 rings (SSSR count). The lowest BCUT2D eigenvalue weighted by atomic mass is 9.85. The molecule has 0 unspecified atom stereocenters. The number of rotatable bonds is 5. The number of hydrogen-bond acceptors (Lipinski definition) is 6. The molecule has 0 aliphatic rings. The minimum Gasteiger partial charge on any atom is -0.508 e. The largest absolute Gasteiger partial charge is 0.508 e. The van der Waals surface area contributed by atoms with Gasteiger partial charge in [-0.1, -0.05) is 36.4 Å². The molecule has 8 N–H and O–H groups in total. The predicted octanol–water partition coefficient (Wildman–Crippen LogP) is 4.53. The van der Waals surface area contributed by atoms with Gasteiger partial charge in [0.1, 0.15) is 11.5 Å². The summed E-state index contributed by atoms with van der Waals surface area (Å²) < 4.78 is 0. The van der Waals surface area contributed by atoms with Crippen LogP contribution < -0.4 is 11.5 Å². The summed E-state index contributed by atoms with van der Waals surface area (Å²) in [5.41, 5.74) is 16.0. The second kappa shape index (κ2) is 10.8. The van der Waals surface area contributed by atoms with Crippen LogP contribution in [0.4, 0.5) is 11.4 Å². The first-order valence-electron chi connectivity index (χ1n) is 10.4. The monoisotopic (exact) mass is 472 g/mol. The summed E-state index contributed by atoms with van der Waals surface area (Å²) in [7, 11) is 0. The lowest BCUT2D eigenvalue weighted by Gasteiger charge is -2.19. The molecule has 0 amide bonds. The van der Waals surface area contributed by atoms with Crippen molar-refractivity contribution in [2.75, 3.05) is 11.5 Å². The smallest absolute Gasteiger partial charge is 0.335 e. The number of nitrogen functional groups attached to an aromatic ring is 2. The van der Waals surface area contributed by atoms with Gasteiger partial charge in [0.15, 0.2) is 0 Å². The second-order valence-electron chi connectivity index (χ2n) is 7.74. The van der Waals surface area contributed by atoms with Gasteiger partial charge in [-0.25, -0.2) is 9.59 Å². The molecule has 0 spiro atoms. The molecule has 0 aliphatic heterocycles. The Hall–Kier alpha value is -4.98. The van der Waals surface area contributed by atoms with Crippen molar-refractivity contribution in [2.45, 2.75) is 5.92 Å². The van der Waals surface area contributed by atoms with E-state index in [0.29, 0.717) is 0 Å². The Labute approximate surface area is 201 Å². The molecule has 0 atom stereocenters. The third-order valence-electron chi connectivity index (χ3n) is 5.18. The standard InChI is InChI=1S/C19H18N2O.C8H6O5/c20-16-7-1-13(2-8-16)19(14-3-9-17(21)10-4-14)15-5-11-18(22)12-6-15;9-6-2-4(7(10)11)1-5(3-6)8(12)13/h1-12,19,22H,20-21H2;1-3,9H,(H,10,11)(H,12,13). The SMILES string of the molecule is Nc1ccc(C(c2ccc(N)cc2)c2ccc(O)cc2)cc1.O=C(O)c1cc(O)cc(C(=O)O)c1. The second-order valence-corrected chi connectivity index (χ2v) is 7.74. The Balaban J connectivity index is 0.000000225. The van der Waals surface area contributed by atoms with Crippen LogP contribution in [-0.4, -0.2) is 32.4 Å². The van der Waals surface area contributed by atoms with Crippen molar-refractivity contribution in [3.8, 4) is 11.5 Å². The molecular formula is C27H24N2O6. The van der Waals surface area contributed by atoms with E-state index in [1.165, 1.54) is 0 Å². The number of carbonyl (C=O) groups is 2. The summed E-state index contributed by atoms with van der Waals surface area (Å²) in [5, 5.41) is 35.5. The third-order valence-corrected chi connectivity index (χ3v) is 5.18. The maximum absolute atomic E-state index is 10.4. The van der Waals surface area contributed by atoms with E-state index in [4.69, 9.17) is 26.8 Å². The predicted molar refractivity (Wildman–Crippen MR) is 133 cm³/mol. The molecule has 8 heteroatoms. The molecule has 4 aromatic rings.